The molecule has 5 aromatic rings. The molecule has 0 atom stereocenters. The van der Waals surface area contributed by atoms with Crippen molar-refractivity contribution in [1.82, 2.24) is 0 Å². The number of fused-ring (bicyclic) bond motifs is 6. The summed E-state index contributed by atoms with van der Waals surface area (Å²) in [7, 11) is 0. The van der Waals surface area contributed by atoms with E-state index in [1.165, 1.54) is 67.1 Å². The van der Waals surface area contributed by atoms with Gasteiger partial charge in [-0.2, -0.15) is 0 Å². The predicted octanol–water partition coefficient (Wildman–Crippen LogP) is 8.92. The van der Waals surface area contributed by atoms with Gasteiger partial charge in [-0.3, -0.25) is 0 Å². The smallest absolute Gasteiger partial charge is 0.0654 e. The van der Waals surface area contributed by atoms with E-state index in [9.17, 15) is 0 Å². The van der Waals surface area contributed by atoms with Crippen LogP contribution in [0.15, 0.2) is 128 Å². The molecule has 0 fully saturated rings. The molecule has 0 nitrogen and oxygen atoms in total. The molecule has 0 heteroatoms. The maximum Gasteiger partial charge on any atom is 0.0654 e. The first kappa shape index (κ1) is 20.0. The molecule has 0 saturated heterocycles. The molecule has 0 aromatic heterocycles. The summed E-state index contributed by atoms with van der Waals surface area (Å²) < 4.78 is 0. The molecule has 0 aliphatic heterocycles. The lowest BCUT2D eigenvalue weighted by molar-refractivity contribution is 1.36. The van der Waals surface area contributed by atoms with Gasteiger partial charge in [-0.25, -0.2) is 0 Å². The Morgan fingerprint density at radius 3 is 1.23 bits per heavy atom. The van der Waals surface area contributed by atoms with Gasteiger partial charge in [0.2, 0.25) is 0 Å². The first-order valence-corrected chi connectivity index (χ1v) is 12.1. The Morgan fingerprint density at radius 2 is 0.800 bits per heavy atom. The van der Waals surface area contributed by atoms with Crippen molar-refractivity contribution in [2.24, 2.45) is 0 Å². The third kappa shape index (κ3) is 2.93. The summed E-state index contributed by atoms with van der Waals surface area (Å²) in [5, 5.41) is 0. The summed E-state index contributed by atoms with van der Waals surface area (Å²) in [5.41, 5.74) is 15.3. The Labute approximate surface area is 206 Å². The molecule has 0 saturated carbocycles. The zero-order valence-electron chi connectivity index (χ0n) is 19.3. The van der Waals surface area contributed by atoms with Crippen molar-refractivity contribution in [3.05, 3.63) is 167 Å². The highest BCUT2D eigenvalue weighted by molar-refractivity contribution is 6.16. The molecule has 0 spiro atoms. The maximum absolute atomic E-state index is 3.96. The van der Waals surface area contributed by atoms with Gasteiger partial charge in [-0.1, -0.05) is 134 Å². The van der Waals surface area contributed by atoms with E-state index in [4.69, 9.17) is 0 Å². The standard InChI is InChI=1S/C35H23/c1-2-23-19-21-24(22-20-23)33(34-29-15-7-3-11-25(29)26-12-4-8-16-30(26)34)35-31-17-9-5-13-27(31)28-14-6-10-18-32(28)35/h2-22H,1H2. The Morgan fingerprint density at radius 1 is 0.429 bits per heavy atom. The third-order valence-electron chi connectivity index (χ3n) is 7.30. The minimum atomic E-state index is 1.13. The van der Waals surface area contributed by atoms with Crippen molar-refractivity contribution >= 4 is 17.2 Å². The lowest BCUT2D eigenvalue weighted by Crippen LogP contribution is -2.05. The van der Waals surface area contributed by atoms with Crippen LogP contribution in [-0.4, -0.2) is 0 Å². The average Bonchev–Trinajstić information content (AvgIpc) is 3.44. The van der Waals surface area contributed by atoms with E-state index < -0.39 is 0 Å². The molecule has 0 unspecified atom stereocenters. The van der Waals surface area contributed by atoms with Gasteiger partial charge in [-0.15, -0.1) is 0 Å². The lowest BCUT2D eigenvalue weighted by atomic mass is 9.79. The van der Waals surface area contributed by atoms with Crippen LogP contribution in [0.1, 0.15) is 33.4 Å². The normalized spacial score (nSPS) is 13.1. The number of benzene rings is 5. The molecule has 0 heterocycles. The van der Waals surface area contributed by atoms with Crippen LogP contribution >= 0.6 is 0 Å². The van der Waals surface area contributed by atoms with Crippen molar-refractivity contribution in [3.63, 3.8) is 0 Å². The van der Waals surface area contributed by atoms with Gasteiger partial charge >= 0.3 is 0 Å². The van der Waals surface area contributed by atoms with Gasteiger partial charge in [-0.05, 0) is 66.8 Å². The van der Waals surface area contributed by atoms with Crippen LogP contribution in [0.4, 0.5) is 0 Å². The number of hydrogen-bond acceptors (Lipinski definition) is 0. The van der Waals surface area contributed by atoms with Crippen molar-refractivity contribution in [2.45, 2.75) is 0 Å². The number of hydrogen-bond donors (Lipinski definition) is 0. The average molecular weight is 444 g/mol. The molecule has 2 aliphatic carbocycles. The first-order valence-electron chi connectivity index (χ1n) is 12.1. The van der Waals surface area contributed by atoms with Crippen LogP contribution in [0.3, 0.4) is 0 Å². The van der Waals surface area contributed by atoms with Gasteiger partial charge in [0.05, 0.1) is 5.92 Å². The van der Waals surface area contributed by atoms with E-state index in [2.05, 4.69) is 128 Å². The van der Waals surface area contributed by atoms with E-state index in [1.54, 1.807) is 0 Å². The molecule has 0 amide bonds. The van der Waals surface area contributed by atoms with E-state index in [0.29, 0.717) is 0 Å². The third-order valence-corrected chi connectivity index (χ3v) is 7.30. The Balaban J connectivity index is 1.62. The van der Waals surface area contributed by atoms with Gasteiger partial charge in [0.25, 0.3) is 0 Å². The van der Waals surface area contributed by atoms with Gasteiger partial charge < -0.3 is 0 Å². The second kappa shape index (κ2) is 7.82. The molecule has 35 heavy (non-hydrogen) atoms. The SMILES string of the molecule is C=Cc1ccc(C([C]2c3ccccc3-c3ccccc32)=C2c3ccccc3-c3ccccc32)cc1. The Bertz CT molecular complexity index is 1550. The zero-order chi connectivity index (χ0) is 23.4. The summed E-state index contributed by atoms with van der Waals surface area (Å²) in [6.07, 6.45) is 1.91. The van der Waals surface area contributed by atoms with Crippen LogP contribution in [-0.2, 0) is 0 Å². The molecule has 0 bridgehead atoms. The van der Waals surface area contributed by atoms with E-state index in [1.807, 2.05) is 6.08 Å². The van der Waals surface area contributed by atoms with Crippen LogP contribution in [0.25, 0.3) is 39.5 Å². The largest absolute Gasteiger partial charge is 0.0985 e. The minimum absolute atomic E-state index is 1.13. The molecular formula is C35H23. The fraction of sp³-hybridized carbons (Fsp3) is 0. The monoisotopic (exact) mass is 443 g/mol. The number of allylic oxidation sites excluding steroid dienone is 1. The topological polar surface area (TPSA) is 0 Å². The molecule has 5 aromatic carbocycles. The fourth-order valence-electron chi connectivity index (χ4n) is 5.77. The van der Waals surface area contributed by atoms with Gasteiger partial charge in [0, 0.05) is 0 Å². The molecule has 7 rings (SSSR count). The highest BCUT2D eigenvalue weighted by Gasteiger charge is 2.36. The Kier molecular flexibility index (Phi) is 4.47. The van der Waals surface area contributed by atoms with Crippen LogP contribution in [0.2, 0.25) is 0 Å². The quantitative estimate of drug-likeness (QED) is 0.256. The minimum Gasteiger partial charge on any atom is -0.0985 e. The predicted molar refractivity (Wildman–Crippen MR) is 148 cm³/mol. The van der Waals surface area contributed by atoms with Crippen molar-refractivity contribution in [1.29, 1.82) is 0 Å². The maximum atomic E-state index is 3.96. The lowest BCUT2D eigenvalue weighted by Gasteiger charge is -2.22. The molecule has 0 N–H and O–H groups in total. The molecule has 163 valence electrons. The molecular weight excluding hydrogens is 420 g/mol. The summed E-state index contributed by atoms with van der Waals surface area (Å²) in [6, 6.07) is 44.1. The summed E-state index contributed by atoms with van der Waals surface area (Å²) in [4.78, 5) is 0. The van der Waals surface area contributed by atoms with Gasteiger partial charge in [0.1, 0.15) is 0 Å². The van der Waals surface area contributed by atoms with Crippen molar-refractivity contribution < 1.29 is 0 Å². The second-order valence-corrected chi connectivity index (χ2v) is 9.13. The number of rotatable bonds is 3. The summed E-state index contributed by atoms with van der Waals surface area (Å²) in [5.74, 6) is 1.31. The highest BCUT2D eigenvalue weighted by Crippen LogP contribution is 2.55. The van der Waals surface area contributed by atoms with Crippen LogP contribution in [0, 0.1) is 5.92 Å². The van der Waals surface area contributed by atoms with Crippen LogP contribution in [0.5, 0.6) is 0 Å². The molecule has 1 radical (unpaired) electrons. The first-order chi connectivity index (χ1) is 17.3. The fourth-order valence-corrected chi connectivity index (χ4v) is 5.77. The Hall–Kier alpha value is -4.42. The summed E-state index contributed by atoms with van der Waals surface area (Å²) in [6.45, 7) is 3.96. The van der Waals surface area contributed by atoms with Crippen LogP contribution < -0.4 is 0 Å². The molecule has 2 aliphatic rings. The van der Waals surface area contributed by atoms with E-state index >= 15 is 0 Å². The van der Waals surface area contributed by atoms with Crippen molar-refractivity contribution in [3.8, 4) is 22.3 Å². The highest BCUT2D eigenvalue weighted by atomic mass is 14.4. The van der Waals surface area contributed by atoms with Crippen molar-refractivity contribution in [2.75, 3.05) is 0 Å². The van der Waals surface area contributed by atoms with Gasteiger partial charge in [0.15, 0.2) is 0 Å². The second-order valence-electron chi connectivity index (χ2n) is 9.13. The van der Waals surface area contributed by atoms with E-state index in [0.717, 1.165) is 5.56 Å². The summed E-state index contributed by atoms with van der Waals surface area (Å²) >= 11 is 0. The van der Waals surface area contributed by atoms with E-state index in [-0.39, 0.29) is 0 Å². The zero-order valence-corrected chi connectivity index (χ0v) is 19.3.